The largest absolute Gasteiger partial charge is 0.383 e. The molecule has 0 aliphatic heterocycles. The predicted molar refractivity (Wildman–Crippen MR) is 111 cm³/mol. The lowest BCUT2D eigenvalue weighted by Crippen LogP contribution is -2.43. The van der Waals surface area contributed by atoms with Gasteiger partial charge in [0.25, 0.3) is 0 Å². The number of nitrogens with one attached hydrogen (secondary N) is 2. The molecular formula is C21H30N2O5S. The van der Waals surface area contributed by atoms with Crippen LogP contribution >= 0.6 is 0 Å². The van der Waals surface area contributed by atoms with Gasteiger partial charge in [-0.3, -0.25) is 14.3 Å². The Labute approximate surface area is 172 Å². The van der Waals surface area contributed by atoms with E-state index in [1.807, 2.05) is 13.8 Å². The summed E-state index contributed by atoms with van der Waals surface area (Å²) in [4.78, 5) is 24.5. The second-order valence-electron chi connectivity index (χ2n) is 8.74. The van der Waals surface area contributed by atoms with Gasteiger partial charge in [-0.15, -0.1) is 0 Å². The van der Waals surface area contributed by atoms with E-state index in [1.54, 1.807) is 31.4 Å². The van der Waals surface area contributed by atoms with Crippen molar-refractivity contribution in [3.05, 3.63) is 29.8 Å². The van der Waals surface area contributed by atoms with Gasteiger partial charge in [0, 0.05) is 25.8 Å². The lowest BCUT2D eigenvalue weighted by atomic mass is 9.70. The summed E-state index contributed by atoms with van der Waals surface area (Å²) in [6, 6.07) is 6.74. The zero-order chi connectivity index (χ0) is 21.3. The summed E-state index contributed by atoms with van der Waals surface area (Å²) in [5.41, 5.74) is 0.137. The van der Waals surface area contributed by atoms with Crippen LogP contribution in [0.4, 0.5) is 5.69 Å². The second kappa shape index (κ2) is 8.07. The number of ketones is 1. The third kappa shape index (κ3) is 4.33. The van der Waals surface area contributed by atoms with E-state index in [-0.39, 0.29) is 35.2 Å². The Hall–Kier alpha value is -1.93. The number of rotatable bonds is 9. The van der Waals surface area contributed by atoms with E-state index in [9.17, 15) is 18.0 Å². The average molecular weight is 423 g/mol. The van der Waals surface area contributed by atoms with Crippen LogP contribution in [0.3, 0.4) is 0 Å². The minimum absolute atomic E-state index is 0.0824. The monoisotopic (exact) mass is 422 g/mol. The zero-order valence-corrected chi connectivity index (χ0v) is 18.1. The number of anilines is 1. The molecule has 7 nitrogen and oxygen atoms in total. The standard InChI is InChI=1S/C21H30N2O5S/c1-20(2)16-8-9-21(20,18(24)13-16)14-29(26,27)23-17-6-4-15(5-7-17)12-19(25)22-10-11-28-3/h4-7,16,23H,8-14H2,1-3H3,(H,22,25)/t16-,21-/m0/s1. The highest BCUT2D eigenvalue weighted by Gasteiger charge is 2.65. The van der Waals surface area contributed by atoms with Crippen molar-refractivity contribution < 1.29 is 22.7 Å². The van der Waals surface area contributed by atoms with Crippen molar-refractivity contribution in [2.24, 2.45) is 16.7 Å². The molecule has 0 heterocycles. The third-order valence-corrected chi connectivity index (χ3v) is 8.22. The van der Waals surface area contributed by atoms with Crippen LogP contribution < -0.4 is 10.0 Å². The minimum atomic E-state index is -3.68. The molecule has 1 aromatic carbocycles. The molecule has 1 aromatic rings. The fraction of sp³-hybridized carbons (Fsp3) is 0.619. The molecule has 2 aliphatic rings. The van der Waals surface area contributed by atoms with Crippen LogP contribution in [0.5, 0.6) is 0 Å². The van der Waals surface area contributed by atoms with Crippen molar-refractivity contribution in [3.8, 4) is 0 Å². The lowest BCUT2D eigenvalue weighted by Gasteiger charge is -2.36. The average Bonchev–Trinajstić information content (AvgIpc) is 2.97. The van der Waals surface area contributed by atoms with Crippen LogP contribution in [0.15, 0.2) is 24.3 Å². The van der Waals surface area contributed by atoms with Gasteiger partial charge >= 0.3 is 0 Å². The first-order valence-corrected chi connectivity index (χ1v) is 11.6. The molecule has 0 radical (unpaired) electrons. The van der Waals surface area contributed by atoms with Gasteiger partial charge in [-0.1, -0.05) is 26.0 Å². The quantitative estimate of drug-likeness (QED) is 0.594. The Bertz CT molecular complexity index is 879. The first-order chi connectivity index (χ1) is 13.6. The number of carbonyl (C=O) groups is 2. The summed E-state index contributed by atoms with van der Waals surface area (Å²) in [5, 5.41) is 2.74. The molecule has 1 amide bonds. The molecule has 0 saturated heterocycles. The van der Waals surface area contributed by atoms with E-state index >= 15 is 0 Å². The summed E-state index contributed by atoms with van der Waals surface area (Å²) in [5.74, 6) is 0.0668. The lowest BCUT2D eigenvalue weighted by molar-refractivity contribution is -0.128. The SMILES string of the molecule is COCCNC(=O)Cc1ccc(NS(=O)(=O)C[C@@]23CC[C@@H](CC2=O)C3(C)C)cc1. The van der Waals surface area contributed by atoms with Crippen molar-refractivity contribution >= 4 is 27.4 Å². The maximum Gasteiger partial charge on any atom is 0.233 e. The molecule has 2 saturated carbocycles. The molecule has 29 heavy (non-hydrogen) atoms. The molecule has 3 rings (SSSR count). The second-order valence-corrected chi connectivity index (χ2v) is 10.5. The van der Waals surface area contributed by atoms with Crippen LogP contribution in [0.2, 0.25) is 0 Å². The van der Waals surface area contributed by atoms with Crippen LogP contribution in [-0.4, -0.2) is 46.1 Å². The topological polar surface area (TPSA) is 102 Å². The number of methoxy groups -OCH3 is 1. The van der Waals surface area contributed by atoms with Crippen molar-refractivity contribution in [1.82, 2.24) is 5.32 Å². The maximum absolute atomic E-state index is 12.8. The van der Waals surface area contributed by atoms with E-state index < -0.39 is 15.4 Å². The Morgan fingerprint density at radius 3 is 2.48 bits per heavy atom. The fourth-order valence-corrected chi connectivity index (χ4v) is 6.77. The maximum atomic E-state index is 12.8. The molecule has 2 N–H and O–H groups in total. The number of ether oxygens (including phenoxy) is 1. The Morgan fingerprint density at radius 1 is 1.24 bits per heavy atom. The molecule has 2 fully saturated rings. The molecule has 0 aromatic heterocycles. The molecular weight excluding hydrogens is 392 g/mol. The molecule has 2 aliphatic carbocycles. The Morgan fingerprint density at radius 2 is 1.93 bits per heavy atom. The first-order valence-electron chi connectivity index (χ1n) is 9.98. The smallest absolute Gasteiger partial charge is 0.233 e. The number of amides is 1. The van der Waals surface area contributed by atoms with Gasteiger partial charge in [0.15, 0.2) is 0 Å². The van der Waals surface area contributed by atoms with Gasteiger partial charge in [0.05, 0.1) is 24.2 Å². The summed E-state index contributed by atoms with van der Waals surface area (Å²) in [7, 11) is -2.11. The third-order valence-electron chi connectivity index (χ3n) is 6.80. The Kier molecular flexibility index (Phi) is 6.06. The van der Waals surface area contributed by atoms with Crippen LogP contribution in [-0.2, 0) is 30.8 Å². The van der Waals surface area contributed by atoms with Crippen LogP contribution in [0.25, 0.3) is 0 Å². The fourth-order valence-electron chi connectivity index (χ4n) is 4.88. The molecule has 2 atom stereocenters. The minimum Gasteiger partial charge on any atom is -0.383 e. The normalized spacial score (nSPS) is 25.2. The highest BCUT2D eigenvalue weighted by atomic mass is 32.2. The molecule has 8 heteroatoms. The number of benzene rings is 1. The van der Waals surface area contributed by atoms with Crippen LogP contribution in [0, 0.1) is 16.7 Å². The Balaban J connectivity index is 1.62. The van der Waals surface area contributed by atoms with Gasteiger partial charge in [-0.25, -0.2) is 8.42 Å². The number of sulfonamides is 1. The van der Waals surface area contributed by atoms with E-state index in [2.05, 4.69) is 10.0 Å². The highest BCUT2D eigenvalue weighted by Crippen LogP contribution is 2.64. The van der Waals surface area contributed by atoms with Gasteiger partial charge in [0.1, 0.15) is 5.78 Å². The van der Waals surface area contributed by atoms with Gasteiger partial charge < -0.3 is 10.1 Å². The van der Waals surface area contributed by atoms with Crippen molar-refractivity contribution in [2.45, 2.75) is 39.5 Å². The first kappa shape index (κ1) is 21.8. The molecule has 0 unspecified atom stereocenters. The molecule has 160 valence electrons. The van der Waals surface area contributed by atoms with Gasteiger partial charge in [-0.05, 0) is 41.9 Å². The summed E-state index contributed by atoms with van der Waals surface area (Å²) >= 11 is 0. The summed E-state index contributed by atoms with van der Waals surface area (Å²) in [6.07, 6.45) is 2.25. The van der Waals surface area contributed by atoms with E-state index in [1.165, 1.54) is 0 Å². The van der Waals surface area contributed by atoms with Crippen molar-refractivity contribution in [3.63, 3.8) is 0 Å². The zero-order valence-electron chi connectivity index (χ0n) is 17.3. The number of carbonyl (C=O) groups excluding carboxylic acids is 2. The number of fused-ring (bicyclic) bond motifs is 2. The molecule has 0 spiro atoms. The molecule has 2 bridgehead atoms. The van der Waals surface area contributed by atoms with E-state index in [0.29, 0.717) is 31.7 Å². The van der Waals surface area contributed by atoms with E-state index in [0.717, 1.165) is 12.0 Å². The number of hydrogen-bond acceptors (Lipinski definition) is 5. The highest BCUT2D eigenvalue weighted by molar-refractivity contribution is 7.92. The summed E-state index contributed by atoms with van der Waals surface area (Å²) in [6.45, 7) is 4.95. The summed E-state index contributed by atoms with van der Waals surface area (Å²) < 4.78 is 33.2. The van der Waals surface area contributed by atoms with E-state index in [4.69, 9.17) is 4.74 Å². The van der Waals surface area contributed by atoms with Crippen molar-refractivity contribution in [1.29, 1.82) is 0 Å². The van der Waals surface area contributed by atoms with Gasteiger partial charge in [-0.2, -0.15) is 0 Å². The predicted octanol–water partition coefficient (Wildman–Crippen LogP) is 2.13. The number of hydrogen-bond donors (Lipinski definition) is 2. The van der Waals surface area contributed by atoms with Gasteiger partial charge in [0.2, 0.25) is 15.9 Å². The van der Waals surface area contributed by atoms with Crippen molar-refractivity contribution in [2.75, 3.05) is 30.7 Å². The van der Waals surface area contributed by atoms with Crippen LogP contribution in [0.1, 0.15) is 38.7 Å². The number of Topliss-reactive ketones (excluding diaryl/α,β-unsaturated/α-hetero) is 1.